The third kappa shape index (κ3) is 1.77. The highest BCUT2D eigenvalue weighted by Crippen LogP contribution is 2.28. The average molecular weight is 226 g/mol. The molecule has 2 heterocycles. The van der Waals surface area contributed by atoms with E-state index in [1.807, 2.05) is 13.0 Å². The number of halogens is 1. The number of hydrogen-bond acceptors (Lipinski definition) is 3. The van der Waals surface area contributed by atoms with Gasteiger partial charge in [0.2, 0.25) is 5.91 Å². The molecule has 0 aliphatic carbocycles. The summed E-state index contributed by atoms with van der Waals surface area (Å²) in [6.45, 7) is 2.38. The Hall–Kier alpha value is -1.29. The van der Waals surface area contributed by atoms with Crippen LogP contribution >= 0.6 is 11.6 Å². The molecule has 1 unspecified atom stereocenters. The quantitative estimate of drug-likeness (QED) is 0.734. The van der Waals surface area contributed by atoms with Crippen LogP contribution in [0.4, 0.5) is 11.5 Å². The summed E-state index contributed by atoms with van der Waals surface area (Å²) < 4.78 is 0. The minimum Gasteiger partial charge on any atom is -0.396 e. The summed E-state index contributed by atoms with van der Waals surface area (Å²) in [7, 11) is 0. The molecule has 1 amide bonds. The summed E-state index contributed by atoms with van der Waals surface area (Å²) in [5, 5.41) is -0.140. The molecule has 2 N–H and O–H groups in total. The monoisotopic (exact) mass is 225 g/mol. The van der Waals surface area contributed by atoms with Crippen LogP contribution in [0.25, 0.3) is 0 Å². The molecule has 1 aliphatic rings. The van der Waals surface area contributed by atoms with Gasteiger partial charge in [-0.15, -0.1) is 11.6 Å². The molecule has 1 atom stereocenters. The lowest BCUT2D eigenvalue weighted by Gasteiger charge is -2.17. The summed E-state index contributed by atoms with van der Waals surface area (Å²) in [5.74, 6) is 0.517. The van der Waals surface area contributed by atoms with Crippen molar-refractivity contribution < 1.29 is 4.79 Å². The van der Waals surface area contributed by atoms with E-state index in [0.29, 0.717) is 24.5 Å². The van der Waals surface area contributed by atoms with Crippen molar-refractivity contribution in [3.8, 4) is 0 Å². The number of hydrogen-bond donors (Lipinski definition) is 1. The molecule has 0 radical (unpaired) electrons. The van der Waals surface area contributed by atoms with Crippen LogP contribution in [-0.4, -0.2) is 22.8 Å². The fourth-order valence-corrected chi connectivity index (χ4v) is 1.91. The maximum absolute atomic E-state index is 11.6. The van der Waals surface area contributed by atoms with Crippen LogP contribution in [0.3, 0.4) is 0 Å². The van der Waals surface area contributed by atoms with Crippen molar-refractivity contribution in [3.63, 3.8) is 0 Å². The Bertz CT molecular complexity index is 408. The van der Waals surface area contributed by atoms with Crippen molar-refractivity contribution in [2.24, 2.45) is 0 Å². The maximum atomic E-state index is 11.6. The number of aromatic nitrogens is 1. The summed E-state index contributed by atoms with van der Waals surface area (Å²) in [4.78, 5) is 17.3. The predicted molar refractivity (Wildman–Crippen MR) is 60.0 cm³/mol. The van der Waals surface area contributed by atoms with Crippen LogP contribution in [0.15, 0.2) is 12.3 Å². The smallest absolute Gasteiger partial charge is 0.229 e. The largest absolute Gasteiger partial charge is 0.396 e. The molecule has 1 aromatic heterocycles. The van der Waals surface area contributed by atoms with E-state index >= 15 is 0 Å². The first-order valence-electron chi connectivity index (χ1n) is 4.75. The minimum absolute atomic E-state index is 0.0141. The number of rotatable bonds is 1. The maximum Gasteiger partial charge on any atom is 0.229 e. The van der Waals surface area contributed by atoms with Gasteiger partial charge in [-0.2, -0.15) is 0 Å². The standard InChI is InChI=1S/C10H12ClN3O/c1-6-2-3-13-10(9(6)12)14-5-7(11)4-8(14)15/h2-3,7H,4-5,12H2,1H3. The number of carbonyl (C=O) groups excluding carboxylic acids is 1. The fraction of sp³-hybridized carbons (Fsp3) is 0.400. The number of amides is 1. The average Bonchev–Trinajstić information content (AvgIpc) is 2.50. The lowest BCUT2D eigenvalue weighted by atomic mass is 10.2. The molecule has 1 aliphatic heterocycles. The SMILES string of the molecule is Cc1ccnc(N2CC(Cl)CC2=O)c1N. The molecule has 4 nitrogen and oxygen atoms in total. The second-order valence-electron chi connectivity index (χ2n) is 3.67. The number of nitrogen functional groups attached to an aromatic ring is 1. The lowest BCUT2D eigenvalue weighted by molar-refractivity contribution is -0.117. The summed E-state index contributed by atoms with van der Waals surface area (Å²) in [6, 6.07) is 1.82. The molecule has 80 valence electrons. The van der Waals surface area contributed by atoms with Crippen molar-refractivity contribution in [3.05, 3.63) is 17.8 Å². The van der Waals surface area contributed by atoms with Crippen LogP contribution in [0, 0.1) is 6.92 Å². The first kappa shape index (κ1) is 10.2. The first-order valence-corrected chi connectivity index (χ1v) is 5.18. The normalized spacial score (nSPS) is 21.1. The molecule has 5 heteroatoms. The summed E-state index contributed by atoms with van der Waals surface area (Å²) >= 11 is 5.91. The van der Waals surface area contributed by atoms with Crippen LogP contribution in [-0.2, 0) is 4.79 Å². The molecule has 0 aromatic carbocycles. The molecule has 0 saturated carbocycles. The van der Waals surface area contributed by atoms with E-state index in [2.05, 4.69) is 4.98 Å². The number of carbonyl (C=O) groups is 1. The van der Waals surface area contributed by atoms with Crippen LogP contribution in [0.5, 0.6) is 0 Å². The second-order valence-corrected chi connectivity index (χ2v) is 4.29. The Labute approximate surface area is 93.0 Å². The molecule has 0 bridgehead atoms. The van der Waals surface area contributed by atoms with Crippen molar-refractivity contribution >= 4 is 29.0 Å². The molecule has 15 heavy (non-hydrogen) atoms. The second kappa shape index (κ2) is 3.70. The number of anilines is 2. The number of nitrogens with zero attached hydrogens (tertiary/aromatic N) is 2. The highest BCUT2D eigenvalue weighted by Gasteiger charge is 2.31. The van der Waals surface area contributed by atoms with Gasteiger partial charge in [0.15, 0.2) is 5.82 Å². The molecule has 0 spiro atoms. The van der Waals surface area contributed by atoms with E-state index < -0.39 is 0 Å². The molecule has 2 rings (SSSR count). The van der Waals surface area contributed by atoms with Gasteiger partial charge in [-0.05, 0) is 18.6 Å². The highest BCUT2D eigenvalue weighted by atomic mass is 35.5. The Balaban J connectivity index is 2.38. The van der Waals surface area contributed by atoms with E-state index in [0.717, 1.165) is 5.56 Å². The Morgan fingerprint density at radius 2 is 2.40 bits per heavy atom. The molecule has 1 saturated heterocycles. The van der Waals surface area contributed by atoms with Crippen molar-refractivity contribution in [1.82, 2.24) is 4.98 Å². The van der Waals surface area contributed by atoms with Gasteiger partial charge in [0.25, 0.3) is 0 Å². The van der Waals surface area contributed by atoms with Gasteiger partial charge in [0.05, 0.1) is 11.1 Å². The Morgan fingerprint density at radius 3 is 3.00 bits per heavy atom. The zero-order chi connectivity index (χ0) is 11.0. The molecule has 1 fully saturated rings. The van der Waals surface area contributed by atoms with Gasteiger partial charge >= 0.3 is 0 Å². The zero-order valence-corrected chi connectivity index (χ0v) is 9.16. The van der Waals surface area contributed by atoms with Crippen LogP contribution in [0.2, 0.25) is 0 Å². The van der Waals surface area contributed by atoms with E-state index in [4.69, 9.17) is 17.3 Å². The van der Waals surface area contributed by atoms with Crippen molar-refractivity contribution in [1.29, 1.82) is 0 Å². The summed E-state index contributed by atoms with van der Waals surface area (Å²) in [5.41, 5.74) is 7.35. The summed E-state index contributed by atoms with van der Waals surface area (Å²) in [6.07, 6.45) is 2.01. The van der Waals surface area contributed by atoms with Gasteiger partial charge in [0.1, 0.15) is 0 Å². The van der Waals surface area contributed by atoms with E-state index in [9.17, 15) is 4.79 Å². The van der Waals surface area contributed by atoms with Gasteiger partial charge < -0.3 is 5.73 Å². The Morgan fingerprint density at radius 1 is 1.67 bits per heavy atom. The predicted octanol–water partition coefficient (Wildman–Crippen LogP) is 1.32. The topological polar surface area (TPSA) is 59.2 Å². The molecular weight excluding hydrogens is 214 g/mol. The third-order valence-corrected chi connectivity index (χ3v) is 2.81. The number of aryl methyl sites for hydroxylation is 1. The Kier molecular flexibility index (Phi) is 2.52. The molecular formula is C10H12ClN3O. The van der Waals surface area contributed by atoms with Gasteiger partial charge in [-0.25, -0.2) is 4.98 Å². The number of alkyl halides is 1. The van der Waals surface area contributed by atoms with Crippen LogP contribution < -0.4 is 10.6 Å². The number of nitrogens with two attached hydrogens (primary N) is 1. The van der Waals surface area contributed by atoms with Gasteiger partial charge in [-0.1, -0.05) is 0 Å². The van der Waals surface area contributed by atoms with Crippen LogP contribution in [0.1, 0.15) is 12.0 Å². The highest BCUT2D eigenvalue weighted by molar-refractivity contribution is 6.24. The van der Waals surface area contributed by atoms with Gasteiger partial charge in [0, 0.05) is 19.2 Å². The van der Waals surface area contributed by atoms with Crippen molar-refractivity contribution in [2.45, 2.75) is 18.7 Å². The lowest BCUT2D eigenvalue weighted by Crippen LogP contribution is -2.26. The van der Waals surface area contributed by atoms with E-state index in [-0.39, 0.29) is 11.3 Å². The minimum atomic E-state index is -0.140. The molecule has 1 aromatic rings. The zero-order valence-electron chi connectivity index (χ0n) is 8.40. The first-order chi connectivity index (χ1) is 7.09. The van der Waals surface area contributed by atoms with E-state index in [1.165, 1.54) is 0 Å². The van der Waals surface area contributed by atoms with Crippen molar-refractivity contribution in [2.75, 3.05) is 17.2 Å². The fourth-order valence-electron chi connectivity index (χ4n) is 1.64. The third-order valence-electron chi connectivity index (χ3n) is 2.52. The van der Waals surface area contributed by atoms with Gasteiger partial charge in [-0.3, -0.25) is 9.69 Å². The number of pyridine rings is 1. The van der Waals surface area contributed by atoms with E-state index in [1.54, 1.807) is 11.1 Å².